The molecule has 4 heterocycles. The van der Waals surface area contributed by atoms with Crippen LogP contribution in [-0.4, -0.2) is 58.3 Å². The van der Waals surface area contributed by atoms with Crippen molar-refractivity contribution in [1.29, 1.82) is 0 Å². The summed E-state index contributed by atoms with van der Waals surface area (Å²) in [6.45, 7) is 4.67. The van der Waals surface area contributed by atoms with Gasteiger partial charge in [0.05, 0.1) is 13.2 Å². The second-order valence-corrected chi connectivity index (χ2v) is 15.6. The molecule has 3 aromatic carbocycles. The highest BCUT2D eigenvalue weighted by Crippen LogP contribution is 2.39. The maximum absolute atomic E-state index is 14.3. The van der Waals surface area contributed by atoms with Crippen molar-refractivity contribution in [2.45, 2.75) is 83.4 Å². The lowest BCUT2D eigenvalue weighted by Gasteiger charge is -2.25. The number of aromatic amines is 1. The van der Waals surface area contributed by atoms with Gasteiger partial charge in [-0.25, -0.2) is 0 Å². The van der Waals surface area contributed by atoms with E-state index in [1.807, 2.05) is 37.4 Å². The Morgan fingerprint density at radius 1 is 0.983 bits per heavy atom. The van der Waals surface area contributed by atoms with E-state index in [2.05, 4.69) is 81.5 Å². The third kappa shape index (κ3) is 9.26. The molecule has 0 saturated carbocycles. The van der Waals surface area contributed by atoms with E-state index in [0.29, 0.717) is 31.2 Å². The number of phenolic OH excluding ortho intramolecular Hbond substituents is 2. The summed E-state index contributed by atoms with van der Waals surface area (Å²) >= 11 is 0. The number of nitrogens with one attached hydrogen (secondary N) is 4. The Hall–Kier alpha value is -5.94. The predicted octanol–water partition coefficient (Wildman–Crippen LogP) is 8.15. The van der Waals surface area contributed by atoms with Gasteiger partial charge in [0, 0.05) is 80.0 Å². The molecule has 0 radical (unpaired) electrons. The topological polar surface area (TPSA) is 150 Å². The molecule has 2 aliphatic heterocycles. The number of fused-ring (bicyclic) bond motifs is 3. The molecular weight excluding hydrogens is 731 g/mol. The summed E-state index contributed by atoms with van der Waals surface area (Å²) in [7, 11) is 3.36. The number of benzene rings is 3. The van der Waals surface area contributed by atoms with Gasteiger partial charge >= 0.3 is 5.97 Å². The minimum Gasteiger partial charge on any atom is -0.508 e. The standard InChI is InChI=1S/C47H55N5O6/c1-5-30-12-13-39(58-29(2)53)21-38(55)22-44(41-23-46(57-4)45(56)19-36(41)24-48-3)52-27-33-9-7-11-43(42(33)28-52)51-47-20-32(14-15-50-47)40(31-8-6-10-37(54)17-31)18-35-26-49-25-34(35)16-30/h6-11,14,17,19-20,23,25-28,30,39-40,44,48-51,54,56H,5,12-13,15-16,18,21-22,24H2,1-4H3/t30-,39-,40+,44-/m1/s1. The highest BCUT2D eigenvalue weighted by atomic mass is 16.5. The molecule has 4 atom stereocenters. The number of dihydropyridines is 1. The number of ether oxygens (including phenoxy) is 2. The van der Waals surface area contributed by atoms with Gasteiger partial charge in [-0.15, -0.1) is 0 Å². The third-order valence-corrected chi connectivity index (χ3v) is 11.7. The molecule has 0 fully saturated rings. The molecule has 2 aromatic heterocycles. The Bertz CT molecular complexity index is 2320. The lowest BCUT2D eigenvalue weighted by molar-refractivity contribution is -0.148. The second-order valence-electron chi connectivity index (χ2n) is 15.6. The van der Waals surface area contributed by atoms with Crippen LogP contribution in [0.25, 0.3) is 10.8 Å². The molecule has 58 heavy (non-hydrogen) atoms. The fraction of sp³-hybridized carbons (Fsp3) is 0.362. The molecule has 4 bridgehead atoms. The van der Waals surface area contributed by atoms with Crippen molar-refractivity contribution < 1.29 is 29.3 Å². The molecule has 2 aliphatic rings. The van der Waals surface area contributed by atoms with Crippen LogP contribution in [0.4, 0.5) is 5.69 Å². The number of esters is 1. The van der Waals surface area contributed by atoms with E-state index in [0.717, 1.165) is 70.2 Å². The van der Waals surface area contributed by atoms with Crippen LogP contribution in [0.15, 0.2) is 103 Å². The van der Waals surface area contributed by atoms with E-state index in [1.165, 1.54) is 25.2 Å². The first-order valence-electron chi connectivity index (χ1n) is 20.3. The number of anilines is 1. The number of H-pyrrole nitrogens is 1. The molecule has 6 N–H and O–H groups in total. The van der Waals surface area contributed by atoms with E-state index in [1.54, 1.807) is 12.1 Å². The summed E-state index contributed by atoms with van der Waals surface area (Å²) in [5.74, 6) is 1.27. The van der Waals surface area contributed by atoms with Gasteiger partial charge in [0.15, 0.2) is 11.5 Å². The van der Waals surface area contributed by atoms with Gasteiger partial charge in [-0.05, 0) is 108 Å². The van der Waals surface area contributed by atoms with Gasteiger partial charge < -0.3 is 45.2 Å². The quantitative estimate of drug-likeness (QED) is 0.0900. The molecule has 0 amide bonds. The van der Waals surface area contributed by atoms with Crippen molar-refractivity contribution in [2.24, 2.45) is 5.92 Å². The summed E-state index contributed by atoms with van der Waals surface area (Å²) in [6, 6.07) is 16.7. The summed E-state index contributed by atoms with van der Waals surface area (Å²) in [4.78, 5) is 30.1. The monoisotopic (exact) mass is 785 g/mol. The highest BCUT2D eigenvalue weighted by molar-refractivity contribution is 5.94. The number of ketones is 1. The van der Waals surface area contributed by atoms with Gasteiger partial charge in [-0.3, -0.25) is 9.59 Å². The predicted molar refractivity (Wildman–Crippen MR) is 227 cm³/mol. The first-order chi connectivity index (χ1) is 28.1. The number of hydrogen-bond acceptors (Lipinski definition) is 9. The van der Waals surface area contributed by atoms with Crippen LogP contribution in [-0.2, 0) is 33.7 Å². The highest BCUT2D eigenvalue weighted by Gasteiger charge is 2.28. The van der Waals surface area contributed by atoms with Crippen molar-refractivity contribution in [3.8, 4) is 17.2 Å². The zero-order valence-electron chi connectivity index (χ0n) is 33.8. The number of carbonyl (C=O) groups is 2. The van der Waals surface area contributed by atoms with Crippen molar-refractivity contribution >= 4 is 28.2 Å². The largest absolute Gasteiger partial charge is 0.508 e. The number of nitrogens with zero attached hydrogens (tertiary/aromatic N) is 1. The summed E-state index contributed by atoms with van der Waals surface area (Å²) in [5.41, 5.74) is 7.20. The van der Waals surface area contributed by atoms with E-state index in [4.69, 9.17) is 9.47 Å². The van der Waals surface area contributed by atoms with Crippen molar-refractivity contribution in [2.75, 3.05) is 26.0 Å². The zero-order chi connectivity index (χ0) is 40.8. The minimum absolute atomic E-state index is 0.0230. The van der Waals surface area contributed by atoms with Crippen LogP contribution < -0.4 is 20.7 Å². The molecule has 0 saturated heterocycles. The van der Waals surface area contributed by atoms with Gasteiger partial charge in [0.1, 0.15) is 23.5 Å². The first kappa shape index (κ1) is 40.3. The number of Topliss-reactive ketones (excluding diaryl/α,β-unsaturated/α-hetero) is 1. The summed E-state index contributed by atoms with van der Waals surface area (Å²) in [5, 5.41) is 33.8. The first-order valence-corrected chi connectivity index (χ1v) is 20.3. The van der Waals surface area contributed by atoms with E-state index in [9.17, 15) is 19.8 Å². The van der Waals surface area contributed by atoms with Crippen molar-refractivity contribution in [3.05, 3.63) is 131 Å². The van der Waals surface area contributed by atoms with Gasteiger partial charge in [0.25, 0.3) is 0 Å². The number of allylic oxidation sites excluding steroid dienone is 2. The molecule has 304 valence electrons. The van der Waals surface area contributed by atoms with Gasteiger partial charge in [0.2, 0.25) is 0 Å². The lowest BCUT2D eigenvalue weighted by atomic mass is 9.82. The van der Waals surface area contributed by atoms with Crippen LogP contribution in [0.1, 0.15) is 85.7 Å². The van der Waals surface area contributed by atoms with Gasteiger partial charge in [-0.2, -0.15) is 0 Å². The number of phenols is 2. The van der Waals surface area contributed by atoms with Crippen LogP contribution in [0.2, 0.25) is 0 Å². The number of rotatable bonds is 7. The number of carbonyl (C=O) groups excluding carboxylic acids is 2. The Kier molecular flexibility index (Phi) is 12.6. The fourth-order valence-electron chi connectivity index (χ4n) is 8.69. The molecular formula is C47H55N5O6. The Labute approximate surface area is 340 Å². The smallest absolute Gasteiger partial charge is 0.302 e. The molecule has 5 aromatic rings. The average Bonchev–Trinajstić information content (AvgIpc) is 3.84. The van der Waals surface area contributed by atoms with Gasteiger partial charge in [-0.1, -0.05) is 43.7 Å². The molecule has 11 nitrogen and oxygen atoms in total. The SMILES string of the molecule is CC[C@@H]1CC[C@@H](OC(C)=O)CC(=O)C[C@H](c2cc(OC)c(O)cc2CNC)n2cc3cccc(c3c2)NC2=CC(=CCN2)[C@H](c2cccc(O)c2)Cc2c[nH]cc2C1. The number of aromatic nitrogens is 2. The maximum atomic E-state index is 14.3. The van der Waals surface area contributed by atoms with Crippen LogP contribution >= 0.6 is 0 Å². The maximum Gasteiger partial charge on any atom is 0.302 e. The fourth-order valence-corrected chi connectivity index (χ4v) is 8.69. The molecule has 0 unspecified atom stereocenters. The van der Waals surface area contributed by atoms with Crippen LogP contribution in [0, 0.1) is 5.92 Å². The average molecular weight is 786 g/mol. The van der Waals surface area contributed by atoms with E-state index < -0.39 is 18.1 Å². The summed E-state index contributed by atoms with van der Waals surface area (Å²) < 4.78 is 13.5. The van der Waals surface area contributed by atoms with Crippen molar-refractivity contribution in [3.63, 3.8) is 0 Å². The Morgan fingerprint density at radius 3 is 2.55 bits per heavy atom. The lowest BCUT2D eigenvalue weighted by Crippen LogP contribution is -2.24. The third-order valence-electron chi connectivity index (χ3n) is 11.7. The van der Waals surface area contributed by atoms with Crippen LogP contribution in [0.3, 0.4) is 0 Å². The Morgan fingerprint density at radius 2 is 1.79 bits per heavy atom. The molecule has 0 spiro atoms. The van der Waals surface area contributed by atoms with E-state index in [-0.39, 0.29) is 36.0 Å². The zero-order valence-corrected chi connectivity index (χ0v) is 33.8. The number of hydrogen-bond donors (Lipinski definition) is 6. The minimum atomic E-state index is -0.563. The molecule has 7 rings (SSSR count). The Balaban J connectivity index is 1.35. The molecule has 0 aliphatic carbocycles. The van der Waals surface area contributed by atoms with Crippen LogP contribution in [0.5, 0.6) is 17.2 Å². The van der Waals surface area contributed by atoms with E-state index >= 15 is 0 Å². The van der Waals surface area contributed by atoms with Crippen molar-refractivity contribution in [1.82, 2.24) is 20.2 Å². The number of aromatic hydroxyl groups is 2. The normalized spacial score (nSPS) is 20.5. The number of methoxy groups -OCH3 is 1. The summed E-state index contributed by atoms with van der Waals surface area (Å²) in [6.07, 6.45) is 16.2. The second kappa shape index (κ2) is 18.1. The molecule has 11 heteroatoms.